The summed E-state index contributed by atoms with van der Waals surface area (Å²) in [5.74, 6) is 0.617. The Balaban J connectivity index is 5.30. The van der Waals surface area contributed by atoms with Gasteiger partial charge in [0.2, 0.25) is 0 Å². The van der Waals surface area contributed by atoms with Crippen LogP contribution in [0.5, 0.6) is 0 Å². The van der Waals surface area contributed by atoms with Crippen molar-refractivity contribution < 1.29 is 0 Å². The van der Waals surface area contributed by atoms with E-state index in [1.165, 1.54) is 12.8 Å². The second-order valence-corrected chi connectivity index (χ2v) is 6.13. The predicted octanol–water partition coefficient (Wildman–Crippen LogP) is 2.42. The van der Waals surface area contributed by atoms with Gasteiger partial charge in [0.05, 0.1) is 0 Å². The van der Waals surface area contributed by atoms with E-state index in [0.29, 0.717) is 5.92 Å². The van der Waals surface area contributed by atoms with Gasteiger partial charge in [0, 0.05) is 0 Å². The third-order valence-electron chi connectivity index (χ3n) is 4.01. The lowest BCUT2D eigenvalue weighted by atomic mass is 9.86. The van der Waals surface area contributed by atoms with E-state index in [2.05, 4.69) is 30.8 Å². The molecule has 0 aliphatic heterocycles. The first-order chi connectivity index (χ1) is 10.4. The SMILES string of the molecule is CCCCCC(CC(CC)CCCC)(N=C(N)N)N=C(N)N. The first-order valence-corrected chi connectivity index (χ1v) is 8.60. The number of hydrogen-bond acceptors (Lipinski definition) is 2. The number of hydrogen-bond donors (Lipinski definition) is 4. The highest BCUT2D eigenvalue weighted by Crippen LogP contribution is 2.33. The van der Waals surface area contributed by atoms with Crippen molar-refractivity contribution in [2.45, 2.75) is 84.2 Å². The maximum atomic E-state index is 5.65. The number of nitrogens with zero attached hydrogens (tertiary/aromatic N) is 2. The monoisotopic (exact) mass is 312 g/mol. The summed E-state index contributed by atoms with van der Waals surface area (Å²) < 4.78 is 0. The molecule has 1 atom stereocenters. The van der Waals surface area contributed by atoms with Gasteiger partial charge >= 0.3 is 0 Å². The van der Waals surface area contributed by atoms with E-state index in [1.54, 1.807) is 0 Å². The van der Waals surface area contributed by atoms with Crippen LogP contribution in [0.2, 0.25) is 0 Å². The second-order valence-electron chi connectivity index (χ2n) is 6.13. The van der Waals surface area contributed by atoms with Crippen molar-refractivity contribution in [3.05, 3.63) is 0 Å². The van der Waals surface area contributed by atoms with Crippen LogP contribution in [0.25, 0.3) is 0 Å². The van der Waals surface area contributed by atoms with Gasteiger partial charge in [0.15, 0.2) is 17.6 Å². The van der Waals surface area contributed by atoms with Crippen molar-refractivity contribution in [3.8, 4) is 0 Å². The van der Waals surface area contributed by atoms with Crippen molar-refractivity contribution in [2.75, 3.05) is 0 Å². The lowest BCUT2D eigenvalue weighted by molar-refractivity contribution is 0.281. The molecule has 0 fully saturated rings. The van der Waals surface area contributed by atoms with Gasteiger partial charge in [-0.05, 0) is 25.2 Å². The number of guanidine groups is 2. The van der Waals surface area contributed by atoms with Gasteiger partial charge in [-0.3, -0.25) is 0 Å². The van der Waals surface area contributed by atoms with Gasteiger partial charge < -0.3 is 22.9 Å². The van der Waals surface area contributed by atoms with E-state index in [9.17, 15) is 0 Å². The highest BCUT2D eigenvalue weighted by Gasteiger charge is 2.31. The molecule has 6 heteroatoms. The van der Waals surface area contributed by atoms with Gasteiger partial charge in [0.25, 0.3) is 0 Å². The predicted molar refractivity (Wildman–Crippen MR) is 96.4 cm³/mol. The molecular formula is C16H36N6. The fourth-order valence-electron chi connectivity index (χ4n) is 2.87. The molecule has 0 aromatic heterocycles. The third kappa shape index (κ3) is 8.74. The summed E-state index contributed by atoms with van der Waals surface area (Å²) >= 11 is 0. The lowest BCUT2D eigenvalue weighted by Gasteiger charge is -2.30. The average molecular weight is 313 g/mol. The van der Waals surface area contributed by atoms with Crippen molar-refractivity contribution >= 4 is 11.9 Å². The molecule has 0 aromatic rings. The summed E-state index contributed by atoms with van der Waals surface area (Å²) in [6, 6.07) is 0. The van der Waals surface area contributed by atoms with Crippen LogP contribution in [0, 0.1) is 5.92 Å². The molecule has 0 rings (SSSR count). The van der Waals surface area contributed by atoms with Gasteiger partial charge in [-0.25, -0.2) is 9.98 Å². The number of aliphatic imine (C=N–C) groups is 2. The van der Waals surface area contributed by atoms with E-state index in [1.807, 2.05) is 0 Å². The minimum absolute atomic E-state index is 0.0480. The van der Waals surface area contributed by atoms with E-state index < -0.39 is 5.66 Å². The third-order valence-corrected chi connectivity index (χ3v) is 4.01. The molecule has 1 unspecified atom stereocenters. The van der Waals surface area contributed by atoms with Crippen LogP contribution in [-0.2, 0) is 0 Å². The van der Waals surface area contributed by atoms with Crippen molar-refractivity contribution in [2.24, 2.45) is 38.8 Å². The van der Waals surface area contributed by atoms with E-state index in [-0.39, 0.29) is 11.9 Å². The van der Waals surface area contributed by atoms with Gasteiger partial charge in [-0.1, -0.05) is 59.3 Å². The molecule has 0 saturated heterocycles. The second kappa shape index (κ2) is 11.2. The fourth-order valence-corrected chi connectivity index (χ4v) is 2.87. The van der Waals surface area contributed by atoms with Gasteiger partial charge in [-0.2, -0.15) is 0 Å². The number of unbranched alkanes of at least 4 members (excludes halogenated alkanes) is 3. The Morgan fingerprint density at radius 1 is 0.864 bits per heavy atom. The Bertz CT molecular complexity index is 325. The Morgan fingerprint density at radius 2 is 1.41 bits per heavy atom. The van der Waals surface area contributed by atoms with Crippen LogP contribution < -0.4 is 22.9 Å². The van der Waals surface area contributed by atoms with Crippen LogP contribution >= 0.6 is 0 Å². The summed E-state index contributed by atoms with van der Waals surface area (Å²) in [6.07, 6.45) is 9.45. The fraction of sp³-hybridized carbons (Fsp3) is 0.875. The molecule has 22 heavy (non-hydrogen) atoms. The zero-order valence-electron chi connectivity index (χ0n) is 14.6. The normalized spacial score (nSPS) is 12.7. The summed E-state index contributed by atoms with van der Waals surface area (Å²) in [5.41, 5.74) is 21.9. The molecule has 130 valence electrons. The summed E-state index contributed by atoms with van der Waals surface area (Å²) in [5, 5.41) is 0. The quantitative estimate of drug-likeness (QED) is 0.250. The van der Waals surface area contributed by atoms with Crippen LogP contribution in [0.4, 0.5) is 0 Å². The zero-order valence-corrected chi connectivity index (χ0v) is 14.6. The molecule has 0 aromatic carbocycles. The highest BCUT2D eigenvalue weighted by atomic mass is 15.2. The van der Waals surface area contributed by atoms with Crippen LogP contribution in [-0.4, -0.2) is 17.6 Å². The molecule has 0 radical (unpaired) electrons. The van der Waals surface area contributed by atoms with Crippen LogP contribution in [0.15, 0.2) is 9.98 Å². The van der Waals surface area contributed by atoms with Crippen molar-refractivity contribution in [1.82, 2.24) is 0 Å². The van der Waals surface area contributed by atoms with Gasteiger partial charge in [0.1, 0.15) is 0 Å². The van der Waals surface area contributed by atoms with E-state index in [0.717, 1.165) is 44.9 Å². The van der Waals surface area contributed by atoms with E-state index in [4.69, 9.17) is 22.9 Å². The first kappa shape index (κ1) is 20.5. The topological polar surface area (TPSA) is 129 Å². The summed E-state index contributed by atoms with van der Waals surface area (Å²) in [7, 11) is 0. The molecule has 8 N–H and O–H groups in total. The molecule has 0 aliphatic rings. The molecular weight excluding hydrogens is 276 g/mol. The van der Waals surface area contributed by atoms with Crippen molar-refractivity contribution in [3.63, 3.8) is 0 Å². The molecule has 0 aliphatic carbocycles. The van der Waals surface area contributed by atoms with Crippen molar-refractivity contribution in [1.29, 1.82) is 0 Å². The number of rotatable bonds is 12. The van der Waals surface area contributed by atoms with Crippen LogP contribution in [0.1, 0.15) is 78.6 Å². The maximum Gasteiger partial charge on any atom is 0.188 e. The summed E-state index contributed by atoms with van der Waals surface area (Å²) in [6.45, 7) is 6.56. The minimum Gasteiger partial charge on any atom is -0.370 e. The standard InChI is InChI=1S/C16H36N6/c1-4-7-9-11-16(21-14(17)18,22-15(19)20)12-13(6-3)10-8-5-2/h13H,4-12H2,1-3H3,(H4,17,18,21)(H4,19,20,22). The number of nitrogens with two attached hydrogens (primary N) is 4. The molecule has 0 saturated carbocycles. The Hall–Kier alpha value is -1.46. The smallest absolute Gasteiger partial charge is 0.188 e. The molecule has 0 heterocycles. The van der Waals surface area contributed by atoms with E-state index >= 15 is 0 Å². The highest BCUT2D eigenvalue weighted by molar-refractivity contribution is 5.78. The summed E-state index contributed by atoms with van der Waals surface area (Å²) in [4.78, 5) is 8.88. The molecule has 6 nitrogen and oxygen atoms in total. The maximum absolute atomic E-state index is 5.65. The first-order valence-electron chi connectivity index (χ1n) is 8.60. The Morgan fingerprint density at radius 3 is 1.82 bits per heavy atom. The Labute approximate surface area is 135 Å². The lowest BCUT2D eigenvalue weighted by Crippen LogP contribution is -2.38. The molecule has 0 spiro atoms. The van der Waals surface area contributed by atoms with Gasteiger partial charge in [-0.15, -0.1) is 0 Å². The molecule has 0 bridgehead atoms. The average Bonchev–Trinajstić information content (AvgIpc) is 2.42. The largest absolute Gasteiger partial charge is 0.370 e. The Kier molecular flexibility index (Phi) is 10.4. The minimum atomic E-state index is -0.707. The van der Waals surface area contributed by atoms with Crippen LogP contribution in [0.3, 0.4) is 0 Å². The zero-order chi connectivity index (χ0) is 17.0. The molecule has 0 amide bonds.